The van der Waals surface area contributed by atoms with E-state index in [1.165, 1.54) is 12.5 Å². The Morgan fingerprint density at radius 1 is 0.846 bits per heavy atom. The lowest BCUT2D eigenvalue weighted by molar-refractivity contribution is 0.285. The third-order valence-corrected chi connectivity index (χ3v) is 7.64. The van der Waals surface area contributed by atoms with Crippen LogP contribution in [0.2, 0.25) is 0 Å². The summed E-state index contributed by atoms with van der Waals surface area (Å²) in [6.45, 7) is 4.53. The van der Waals surface area contributed by atoms with E-state index >= 15 is 4.39 Å². The van der Waals surface area contributed by atoms with Crippen molar-refractivity contribution in [2.45, 2.75) is 71.6 Å². The van der Waals surface area contributed by atoms with Crippen molar-refractivity contribution >= 4 is 5.57 Å². The Labute approximate surface area is 231 Å². The SMILES string of the molecule is CC=CCCC1CC=C(c2ccc(-c3ccc(-c4ccc(OCCCCCC)c(F)c4F)cc3)cc2F)CC1. The van der Waals surface area contributed by atoms with Crippen molar-refractivity contribution in [2.75, 3.05) is 6.61 Å². The van der Waals surface area contributed by atoms with Gasteiger partial charge in [0.15, 0.2) is 11.6 Å². The topological polar surface area (TPSA) is 9.23 Å². The van der Waals surface area contributed by atoms with E-state index in [2.05, 4.69) is 25.2 Å². The highest BCUT2D eigenvalue weighted by Gasteiger charge is 2.18. The molecule has 0 spiro atoms. The second-order valence-corrected chi connectivity index (χ2v) is 10.4. The Kier molecular flexibility index (Phi) is 10.5. The second kappa shape index (κ2) is 14.2. The molecule has 1 atom stereocenters. The minimum Gasteiger partial charge on any atom is -0.490 e. The number of hydrogen-bond acceptors (Lipinski definition) is 1. The van der Waals surface area contributed by atoms with Crippen LogP contribution in [0.25, 0.3) is 27.8 Å². The van der Waals surface area contributed by atoms with Gasteiger partial charge in [-0.15, -0.1) is 0 Å². The van der Waals surface area contributed by atoms with Gasteiger partial charge in [0.2, 0.25) is 5.82 Å². The molecule has 0 amide bonds. The molecule has 3 aromatic rings. The predicted molar refractivity (Wildman–Crippen MR) is 156 cm³/mol. The van der Waals surface area contributed by atoms with Crippen LogP contribution in [0.3, 0.4) is 0 Å². The molecule has 0 aromatic heterocycles. The van der Waals surface area contributed by atoms with Gasteiger partial charge in [-0.25, -0.2) is 8.78 Å². The van der Waals surface area contributed by atoms with Gasteiger partial charge in [-0.1, -0.05) is 80.8 Å². The molecule has 0 saturated carbocycles. The van der Waals surface area contributed by atoms with Crippen LogP contribution in [-0.4, -0.2) is 6.61 Å². The third-order valence-electron chi connectivity index (χ3n) is 7.64. The summed E-state index contributed by atoms with van der Waals surface area (Å²) in [7, 11) is 0. The van der Waals surface area contributed by atoms with E-state index in [4.69, 9.17) is 4.74 Å². The third kappa shape index (κ3) is 7.44. The number of halogens is 3. The lowest BCUT2D eigenvalue weighted by atomic mass is 9.84. The van der Waals surface area contributed by atoms with Crippen LogP contribution in [0.1, 0.15) is 77.2 Å². The maximum Gasteiger partial charge on any atom is 0.201 e. The van der Waals surface area contributed by atoms with Gasteiger partial charge in [-0.2, -0.15) is 4.39 Å². The zero-order valence-corrected chi connectivity index (χ0v) is 23.1. The van der Waals surface area contributed by atoms with Gasteiger partial charge in [0, 0.05) is 11.1 Å². The molecule has 1 nitrogen and oxygen atoms in total. The first-order valence-corrected chi connectivity index (χ1v) is 14.3. The van der Waals surface area contributed by atoms with Crippen LogP contribution in [0, 0.1) is 23.4 Å². The predicted octanol–water partition coefficient (Wildman–Crippen LogP) is 10.9. The molecule has 39 heavy (non-hydrogen) atoms. The smallest absolute Gasteiger partial charge is 0.201 e. The second-order valence-electron chi connectivity index (χ2n) is 10.4. The summed E-state index contributed by atoms with van der Waals surface area (Å²) in [5, 5.41) is 0. The molecular formula is C35H39F3O. The lowest BCUT2D eigenvalue weighted by Crippen LogP contribution is -2.06. The van der Waals surface area contributed by atoms with Gasteiger partial charge in [-0.3, -0.25) is 0 Å². The molecule has 0 bridgehead atoms. The fraction of sp³-hybridized carbons (Fsp3) is 0.371. The summed E-state index contributed by atoms with van der Waals surface area (Å²) < 4.78 is 50.1. The Morgan fingerprint density at radius 3 is 2.28 bits per heavy atom. The zero-order valence-electron chi connectivity index (χ0n) is 23.1. The van der Waals surface area contributed by atoms with Gasteiger partial charge in [0.05, 0.1) is 6.61 Å². The minimum absolute atomic E-state index is 0.0582. The van der Waals surface area contributed by atoms with Crippen molar-refractivity contribution in [3.63, 3.8) is 0 Å². The van der Waals surface area contributed by atoms with Gasteiger partial charge in [0.1, 0.15) is 5.82 Å². The summed E-state index contributed by atoms with van der Waals surface area (Å²) in [6, 6.07) is 15.5. The van der Waals surface area contributed by atoms with Crippen molar-refractivity contribution in [1.29, 1.82) is 0 Å². The molecule has 206 valence electrons. The van der Waals surface area contributed by atoms with Crippen molar-refractivity contribution < 1.29 is 17.9 Å². The van der Waals surface area contributed by atoms with E-state index < -0.39 is 11.6 Å². The first kappa shape index (κ1) is 28.7. The molecule has 0 fully saturated rings. The Hall–Kier alpha value is -3.27. The lowest BCUT2D eigenvalue weighted by Gasteiger charge is -2.22. The van der Waals surface area contributed by atoms with Crippen LogP contribution in [0.15, 0.2) is 72.8 Å². The zero-order chi connectivity index (χ0) is 27.6. The summed E-state index contributed by atoms with van der Waals surface area (Å²) in [5.74, 6) is -1.51. The quantitative estimate of drug-likeness (QED) is 0.166. The van der Waals surface area contributed by atoms with Crippen LogP contribution < -0.4 is 4.74 Å². The van der Waals surface area contributed by atoms with E-state index in [9.17, 15) is 8.78 Å². The fourth-order valence-corrected chi connectivity index (χ4v) is 5.27. The molecule has 1 aliphatic carbocycles. The summed E-state index contributed by atoms with van der Waals surface area (Å²) in [5.41, 5.74) is 4.06. The molecule has 0 saturated heterocycles. The highest BCUT2D eigenvalue weighted by atomic mass is 19.2. The Balaban J connectivity index is 1.42. The molecule has 1 aliphatic rings. The minimum atomic E-state index is -0.967. The van der Waals surface area contributed by atoms with Gasteiger partial charge < -0.3 is 4.74 Å². The largest absolute Gasteiger partial charge is 0.490 e. The number of benzene rings is 3. The summed E-state index contributed by atoms with van der Waals surface area (Å²) >= 11 is 0. The van der Waals surface area contributed by atoms with E-state index in [0.717, 1.165) is 68.1 Å². The molecule has 4 rings (SSSR count). The van der Waals surface area contributed by atoms with E-state index in [0.29, 0.717) is 23.7 Å². The van der Waals surface area contributed by atoms with Crippen molar-refractivity contribution in [3.05, 3.63) is 95.8 Å². The van der Waals surface area contributed by atoms with Crippen molar-refractivity contribution in [1.82, 2.24) is 0 Å². The van der Waals surface area contributed by atoms with Crippen LogP contribution >= 0.6 is 0 Å². The number of rotatable bonds is 12. The molecule has 0 N–H and O–H groups in total. The monoisotopic (exact) mass is 532 g/mol. The molecule has 0 aliphatic heterocycles. The summed E-state index contributed by atoms with van der Waals surface area (Å²) in [6.07, 6.45) is 15.8. The molecule has 1 unspecified atom stereocenters. The average molecular weight is 533 g/mol. The normalized spacial score (nSPS) is 15.5. The number of hydrogen-bond donors (Lipinski definition) is 0. The maximum atomic E-state index is 15.1. The average Bonchev–Trinajstić information content (AvgIpc) is 2.96. The van der Waals surface area contributed by atoms with E-state index in [-0.39, 0.29) is 17.1 Å². The molecule has 4 heteroatoms. The molecule has 3 aromatic carbocycles. The van der Waals surface area contributed by atoms with Crippen molar-refractivity contribution in [2.24, 2.45) is 5.92 Å². The maximum absolute atomic E-state index is 15.1. The number of unbranched alkanes of at least 4 members (excludes halogenated alkanes) is 3. The van der Waals surface area contributed by atoms with E-state index in [1.807, 2.05) is 31.2 Å². The highest BCUT2D eigenvalue weighted by molar-refractivity contribution is 5.74. The first-order chi connectivity index (χ1) is 19.0. The van der Waals surface area contributed by atoms with Gasteiger partial charge >= 0.3 is 0 Å². The van der Waals surface area contributed by atoms with E-state index in [1.54, 1.807) is 24.3 Å². The van der Waals surface area contributed by atoms with Crippen LogP contribution in [0.4, 0.5) is 13.2 Å². The first-order valence-electron chi connectivity index (χ1n) is 14.3. The highest BCUT2D eigenvalue weighted by Crippen LogP contribution is 2.36. The van der Waals surface area contributed by atoms with Crippen molar-refractivity contribution in [3.8, 4) is 28.0 Å². The fourth-order valence-electron chi connectivity index (χ4n) is 5.27. The molecule has 0 heterocycles. The Morgan fingerprint density at radius 2 is 1.59 bits per heavy atom. The molecular weight excluding hydrogens is 493 g/mol. The number of allylic oxidation sites excluding steroid dienone is 4. The van der Waals surface area contributed by atoms with Crippen LogP contribution in [0.5, 0.6) is 5.75 Å². The molecule has 0 radical (unpaired) electrons. The Bertz CT molecular complexity index is 1290. The standard InChI is InChI=1S/C35H39F3O/c1-3-5-7-9-23-39-33-22-21-31(34(37)35(33)38)28-17-15-26(16-18-28)29-19-20-30(32(36)24-29)27-13-11-25(12-14-27)10-8-6-4-2/h4,6,13,15-22,24-25H,3,5,7-12,14,23H2,1-2H3. The van der Waals surface area contributed by atoms with Gasteiger partial charge in [-0.05, 0) is 91.8 Å². The summed E-state index contributed by atoms with van der Waals surface area (Å²) in [4.78, 5) is 0. The van der Waals surface area contributed by atoms with Gasteiger partial charge in [0.25, 0.3) is 0 Å². The van der Waals surface area contributed by atoms with Crippen LogP contribution in [-0.2, 0) is 0 Å². The number of ether oxygens (including phenoxy) is 1.